The van der Waals surface area contributed by atoms with E-state index in [-0.39, 0.29) is 27.9 Å². The second kappa shape index (κ2) is 8.08. The predicted octanol–water partition coefficient (Wildman–Crippen LogP) is 2.08. The summed E-state index contributed by atoms with van der Waals surface area (Å²) in [6.07, 6.45) is 3.91. The van der Waals surface area contributed by atoms with Crippen LogP contribution in [0.2, 0.25) is 0 Å². The number of benzene rings is 1. The average molecular weight is 438 g/mol. The van der Waals surface area contributed by atoms with Crippen LogP contribution in [-0.2, 0) is 14.8 Å². The Bertz CT molecular complexity index is 1280. The molecule has 3 aromatic rings. The highest BCUT2D eigenvalue weighted by Crippen LogP contribution is 2.32. The average Bonchev–Trinajstić information content (AvgIpc) is 3.39. The molecule has 0 bridgehead atoms. The number of hydrogen-bond acceptors (Lipinski definition) is 7. The molecule has 1 aliphatic heterocycles. The summed E-state index contributed by atoms with van der Waals surface area (Å²) < 4.78 is 35.5. The number of hydrogen-bond donors (Lipinski definition) is 1. The van der Waals surface area contributed by atoms with E-state index in [4.69, 9.17) is 4.74 Å². The molecule has 0 aliphatic carbocycles. The molecular weight excluding hydrogens is 420 g/mol. The number of nitrogens with zero attached hydrogens (tertiary/aromatic N) is 5. The van der Waals surface area contributed by atoms with Gasteiger partial charge in [0.25, 0.3) is 10.0 Å². The third kappa shape index (κ3) is 3.80. The maximum absolute atomic E-state index is 13.3. The highest BCUT2D eigenvalue weighted by atomic mass is 32.2. The first-order chi connectivity index (χ1) is 14.9. The fourth-order valence-electron chi connectivity index (χ4n) is 3.33. The molecule has 4 rings (SSSR count). The molecule has 158 valence electrons. The molecule has 10 nitrogen and oxygen atoms in total. The highest BCUT2D eigenvalue weighted by molar-refractivity contribution is 7.92. The number of nitrogens with one attached hydrogen (secondary N) is 1. The lowest BCUT2D eigenvalue weighted by molar-refractivity contribution is -0.117. The molecule has 0 saturated carbocycles. The minimum atomic E-state index is -4.21. The summed E-state index contributed by atoms with van der Waals surface area (Å²) >= 11 is 0. The molecule has 1 fully saturated rings. The van der Waals surface area contributed by atoms with Crippen LogP contribution in [0.4, 0.5) is 11.5 Å². The van der Waals surface area contributed by atoms with Crippen LogP contribution in [0.5, 0.6) is 5.75 Å². The molecule has 0 atom stereocenters. The lowest BCUT2D eigenvalue weighted by atomic mass is 10.3. The van der Waals surface area contributed by atoms with Crippen molar-refractivity contribution in [1.29, 1.82) is 5.26 Å². The van der Waals surface area contributed by atoms with Gasteiger partial charge in [0, 0.05) is 24.8 Å². The number of pyridine rings is 1. The van der Waals surface area contributed by atoms with Gasteiger partial charge >= 0.3 is 0 Å². The normalized spacial score (nSPS) is 13.8. The van der Waals surface area contributed by atoms with E-state index in [0.29, 0.717) is 30.9 Å². The largest absolute Gasteiger partial charge is 0.495 e. The van der Waals surface area contributed by atoms with Crippen molar-refractivity contribution >= 4 is 27.4 Å². The molecule has 1 amide bonds. The van der Waals surface area contributed by atoms with Crippen LogP contribution < -0.4 is 14.4 Å². The van der Waals surface area contributed by atoms with Gasteiger partial charge in [0.05, 0.1) is 13.3 Å². The Morgan fingerprint density at radius 2 is 2.10 bits per heavy atom. The molecule has 2 aromatic heterocycles. The fourth-order valence-corrected chi connectivity index (χ4v) is 4.58. The Morgan fingerprint density at radius 3 is 2.74 bits per heavy atom. The van der Waals surface area contributed by atoms with Gasteiger partial charge in [-0.2, -0.15) is 15.0 Å². The fraction of sp³-hybridized carbons (Fsp3) is 0.200. The minimum absolute atomic E-state index is 0.0269. The van der Waals surface area contributed by atoms with E-state index in [1.807, 2.05) is 6.07 Å². The second-order valence-corrected chi connectivity index (χ2v) is 8.36. The van der Waals surface area contributed by atoms with Gasteiger partial charge in [-0.05, 0) is 36.8 Å². The van der Waals surface area contributed by atoms with Crippen molar-refractivity contribution < 1.29 is 17.9 Å². The zero-order valence-corrected chi connectivity index (χ0v) is 17.3. The summed E-state index contributed by atoms with van der Waals surface area (Å²) in [5.41, 5.74) is 0.487. The van der Waals surface area contributed by atoms with Gasteiger partial charge in [-0.25, -0.2) is 13.4 Å². The van der Waals surface area contributed by atoms with Gasteiger partial charge in [0.1, 0.15) is 22.3 Å². The molecule has 0 radical (unpaired) electrons. The lowest BCUT2D eigenvalue weighted by Crippen LogP contribution is -2.24. The monoisotopic (exact) mass is 438 g/mol. The van der Waals surface area contributed by atoms with E-state index in [1.165, 1.54) is 41.2 Å². The summed E-state index contributed by atoms with van der Waals surface area (Å²) in [4.78, 5) is 17.6. The van der Waals surface area contributed by atoms with E-state index in [1.54, 1.807) is 24.3 Å². The van der Waals surface area contributed by atoms with E-state index in [2.05, 4.69) is 14.8 Å². The first-order valence-corrected chi connectivity index (χ1v) is 10.8. The lowest BCUT2D eigenvalue weighted by Gasteiger charge is -2.19. The van der Waals surface area contributed by atoms with Crippen LogP contribution in [-0.4, -0.2) is 42.7 Å². The third-order valence-electron chi connectivity index (χ3n) is 4.81. The zero-order valence-electron chi connectivity index (χ0n) is 16.5. The summed E-state index contributed by atoms with van der Waals surface area (Å²) in [5.74, 6) is 0.322. The van der Waals surface area contributed by atoms with E-state index in [0.717, 1.165) is 0 Å². The maximum Gasteiger partial charge on any atom is 0.266 e. The molecule has 0 unspecified atom stereocenters. The van der Waals surface area contributed by atoms with Crippen molar-refractivity contribution in [3.63, 3.8) is 0 Å². The number of anilines is 2. The quantitative estimate of drug-likeness (QED) is 0.623. The van der Waals surface area contributed by atoms with E-state index in [9.17, 15) is 18.5 Å². The van der Waals surface area contributed by atoms with Gasteiger partial charge in [0.2, 0.25) is 5.91 Å². The Hall–Kier alpha value is -3.91. The second-order valence-electron chi connectivity index (χ2n) is 6.71. The first kappa shape index (κ1) is 20.4. The van der Waals surface area contributed by atoms with Gasteiger partial charge in [-0.15, -0.1) is 0 Å². The summed E-state index contributed by atoms with van der Waals surface area (Å²) in [6.45, 7) is 0.517. The molecule has 1 N–H and O–H groups in total. The van der Waals surface area contributed by atoms with E-state index < -0.39 is 10.0 Å². The molecular formula is C20H18N6O4S. The van der Waals surface area contributed by atoms with Gasteiger partial charge in [-0.1, -0.05) is 6.07 Å². The number of carbonyl (C=O) groups excluding carboxylic acids is 1. The topological polar surface area (TPSA) is 130 Å². The van der Waals surface area contributed by atoms with Crippen molar-refractivity contribution in [3.8, 4) is 17.6 Å². The van der Waals surface area contributed by atoms with Crippen molar-refractivity contribution in [2.45, 2.75) is 17.7 Å². The Balaban J connectivity index is 1.78. The van der Waals surface area contributed by atoms with Crippen molar-refractivity contribution in [3.05, 3.63) is 54.4 Å². The van der Waals surface area contributed by atoms with Crippen LogP contribution in [0.1, 0.15) is 18.4 Å². The molecule has 11 heteroatoms. The first-order valence-electron chi connectivity index (χ1n) is 9.35. The summed E-state index contributed by atoms with van der Waals surface area (Å²) in [5, 5.41) is 13.5. The van der Waals surface area contributed by atoms with Gasteiger partial charge < -0.3 is 9.64 Å². The number of nitriles is 1. The zero-order chi connectivity index (χ0) is 22.0. The molecule has 3 heterocycles. The number of aromatic nitrogens is 3. The van der Waals surface area contributed by atoms with Crippen LogP contribution in [0.3, 0.4) is 0 Å². The number of amides is 1. The van der Waals surface area contributed by atoms with Crippen molar-refractivity contribution in [1.82, 2.24) is 14.8 Å². The summed E-state index contributed by atoms with van der Waals surface area (Å²) in [7, 11) is -2.86. The molecule has 31 heavy (non-hydrogen) atoms. The SMILES string of the molecule is COc1ccc(N2CCCC2=O)cc1S(=O)(=O)Nc1c(C#N)cnn1-c1ccccn1. The van der Waals surface area contributed by atoms with Crippen molar-refractivity contribution in [2.24, 2.45) is 0 Å². The van der Waals surface area contributed by atoms with Crippen molar-refractivity contribution in [2.75, 3.05) is 23.3 Å². The van der Waals surface area contributed by atoms with Gasteiger partial charge in [0.15, 0.2) is 11.6 Å². The number of rotatable bonds is 6. The number of methoxy groups -OCH3 is 1. The molecule has 1 aromatic carbocycles. The Kier molecular flexibility index (Phi) is 5.31. The van der Waals surface area contributed by atoms with Crippen LogP contribution in [0, 0.1) is 11.3 Å². The Labute approximate surface area is 178 Å². The predicted molar refractivity (Wildman–Crippen MR) is 111 cm³/mol. The highest BCUT2D eigenvalue weighted by Gasteiger charge is 2.28. The van der Waals surface area contributed by atoms with E-state index >= 15 is 0 Å². The number of carbonyl (C=O) groups is 1. The standard InChI is InChI=1S/C20H18N6O4S/c1-30-16-8-7-15(25-10-4-6-19(25)27)11-17(16)31(28,29)24-20-14(12-21)13-23-26(20)18-5-2-3-9-22-18/h2-3,5,7-9,11,13,24H,4,6,10H2,1H3. The minimum Gasteiger partial charge on any atom is -0.495 e. The maximum atomic E-state index is 13.3. The molecule has 0 spiro atoms. The number of sulfonamides is 1. The van der Waals surface area contributed by atoms with Crippen LogP contribution in [0.15, 0.2) is 53.7 Å². The Morgan fingerprint density at radius 1 is 1.26 bits per heavy atom. The smallest absolute Gasteiger partial charge is 0.266 e. The summed E-state index contributed by atoms with van der Waals surface area (Å²) in [6, 6.07) is 11.5. The van der Waals surface area contributed by atoms with Crippen LogP contribution in [0.25, 0.3) is 5.82 Å². The third-order valence-corrected chi connectivity index (χ3v) is 6.17. The molecule has 1 aliphatic rings. The van der Waals surface area contributed by atoms with Gasteiger partial charge in [-0.3, -0.25) is 9.52 Å². The molecule has 1 saturated heterocycles. The van der Waals surface area contributed by atoms with Crippen LogP contribution >= 0.6 is 0 Å². The number of ether oxygens (including phenoxy) is 1.